The fourth-order valence-electron chi connectivity index (χ4n) is 3.42. The van der Waals surface area contributed by atoms with Crippen molar-refractivity contribution in [2.24, 2.45) is 0 Å². The number of nitrogens with two attached hydrogens (primary N) is 1. The van der Waals surface area contributed by atoms with Gasteiger partial charge in [-0.3, -0.25) is 0 Å². The number of anilines is 1. The van der Waals surface area contributed by atoms with E-state index >= 15 is 0 Å². The summed E-state index contributed by atoms with van der Waals surface area (Å²) >= 11 is 0. The van der Waals surface area contributed by atoms with Crippen LogP contribution in [0.25, 0.3) is 21.9 Å². The average Bonchev–Trinajstić information content (AvgIpc) is 3.01. The zero-order valence-corrected chi connectivity index (χ0v) is 14.8. The Labute approximate surface area is 152 Å². The molecule has 0 saturated heterocycles. The van der Waals surface area contributed by atoms with Gasteiger partial charge in [0, 0.05) is 17.4 Å². The molecule has 132 valence electrons. The molecule has 0 fully saturated rings. The highest BCUT2D eigenvalue weighted by Gasteiger charge is 2.17. The zero-order chi connectivity index (χ0) is 18.1. The normalized spacial score (nSPS) is 11.4. The van der Waals surface area contributed by atoms with E-state index in [2.05, 4.69) is 22.5 Å². The van der Waals surface area contributed by atoms with Crippen molar-refractivity contribution >= 4 is 27.8 Å². The van der Waals surface area contributed by atoms with Crippen molar-refractivity contribution < 1.29 is 5.11 Å². The summed E-state index contributed by atoms with van der Waals surface area (Å²) in [6.45, 7) is 2.72. The first-order chi connectivity index (χ1) is 12.7. The average molecular weight is 346 g/mol. The number of para-hydroxylation sites is 2. The molecule has 4 rings (SSSR count). The molecule has 0 spiro atoms. The summed E-state index contributed by atoms with van der Waals surface area (Å²) in [5.74, 6) is 1.73. The Bertz CT molecular complexity index is 1080. The molecular formula is C21H22N4O. The van der Waals surface area contributed by atoms with Crippen molar-refractivity contribution in [3.05, 3.63) is 59.9 Å². The van der Waals surface area contributed by atoms with Crippen LogP contribution in [0.15, 0.2) is 48.5 Å². The van der Waals surface area contributed by atoms with E-state index in [1.54, 1.807) is 6.07 Å². The van der Waals surface area contributed by atoms with Gasteiger partial charge in [0.1, 0.15) is 17.1 Å². The van der Waals surface area contributed by atoms with E-state index in [9.17, 15) is 5.11 Å². The SMILES string of the molecule is CCCCc1nc2c(N)nc3ccccc3c2n1Cc1ccccc1O. The molecule has 2 heterocycles. The van der Waals surface area contributed by atoms with Gasteiger partial charge >= 0.3 is 0 Å². The first-order valence-electron chi connectivity index (χ1n) is 8.99. The molecule has 3 N–H and O–H groups in total. The molecule has 2 aromatic carbocycles. The van der Waals surface area contributed by atoms with Gasteiger partial charge < -0.3 is 15.4 Å². The third-order valence-electron chi connectivity index (χ3n) is 4.76. The predicted molar refractivity (Wildman–Crippen MR) is 105 cm³/mol. The third-order valence-corrected chi connectivity index (χ3v) is 4.76. The summed E-state index contributed by atoms with van der Waals surface area (Å²) in [5, 5.41) is 11.3. The van der Waals surface area contributed by atoms with E-state index in [0.29, 0.717) is 18.1 Å². The van der Waals surface area contributed by atoms with E-state index in [1.165, 1.54) is 0 Å². The molecule has 0 aliphatic rings. The van der Waals surface area contributed by atoms with Gasteiger partial charge in [-0.1, -0.05) is 49.7 Å². The molecule has 26 heavy (non-hydrogen) atoms. The molecule has 0 aliphatic carbocycles. The van der Waals surface area contributed by atoms with Crippen LogP contribution in [0.5, 0.6) is 5.75 Å². The number of hydrogen-bond donors (Lipinski definition) is 2. The highest BCUT2D eigenvalue weighted by Crippen LogP contribution is 2.30. The number of benzene rings is 2. The smallest absolute Gasteiger partial charge is 0.152 e. The van der Waals surface area contributed by atoms with E-state index in [4.69, 9.17) is 10.7 Å². The summed E-state index contributed by atoms with van der Waals surface area (Å²) < 4.78 is 2.18. The van der Waals surface area contributed by atoms with Gasteiger partial charge in [0.05, 0.1) is 17.6 Å². The number of aryl methyl sites for hydroxylation is 1. The van der Waals surface area contributed by atoms with Gasteiger partial charge in [-0.2, -0.15) is 0 Å². The van der Waals surface area contributed by atoms with Gasteiger partial charge in [0.25, 0.3) is 0 Å². The summed E-state index contributed by atoms with van der Waals surface area (Å²) in [7, 11) is 0. The minimum absolute atomic E-state index is 0.294. The van der Waals surface area contributed by atoms with E-state index in [0.717, 1.165) is 52.6 Å². The number of phenolic OH excluding ortho intramolecular Hbond substituents is 1. The molecule has 0 saturated carbocycles. The van der Waals surface area contributed by atoms with Crippen LogP contribution in [0.1, 0.15) is 31.2 Å². The maximum Gasteiger partial charge on any atom is 0.152 e. The maximum atomic E-state index is 10.2. The number of imidazole rings is 1. The van der Waals surface area contributed by atoms with Gasteiger partial charge in [0.15, 0.2) is 5.82 Å². The van der Waals surface area contributed by atoms with Crippen molar-refractivity contribution in [2.45, 2.75) is 32.7 Å². The summed E-state index contributed by atoms with van der Waals surface area (Å²) in [5.41, 5.74) is 9.67. The molecule has 4 aromatic rings. The van der Waals surface area contributed by atoms with Crippen molar-refractivity contribution in [3.63, 3.8) is 0 Å². The van der Waals surface area contributed by atoms with Crippen LogP contribution in [-0.2, 0) is 13.0 Å². The Kier molecular flexibility index (Phi) is 4.21. The number of nitrogens with zero attached hydrogens (tertiary/aromatic N) is 3. The predicted octanol–water partition coefficient (Wildman–Crippen LogP) is 4.26. The Morgan fingerprint density at radius 3 is 2.62 bits per heavy atom. The number of aromatic hydroxyl groups is 1. The van der Waals surface area contributed by atoms with Gasteiger partial charge in [-0.25, -0.2) is 9.97 Å². The maximum absolute atomic E-state index is 10.2. The van der Waals surface area contributed by atoms with Crippen LogP contribution >= 0.6 is 0 Å². The first kappa shape index (κ1) is 16.4. The van der Waals surface area contributed by atoms with Crippen molar-refractivity contribution in [2.75, 3.05) is 5.73 Å². The molecule has 0 amide bonds. The molecule has 5 heteroatoms. The second kappa shape index (κ2) is 6.67. The second-order valence-corrected chi connectivity index (χ2v) is 6.56. The first-order valence-corrected chi connectivity index (χ1v) is 8.99. The number of rotatable bonds is 5. The van der Waals surface area contributed by atoms with Gasteiger partial charge in [0.2, 0.25) is 0 Å². The van der Waals surface area contributed by atoms with Crippen LogP contribution in [0.3, 0.4) is 0 Å². The largest absolute Gasteiger partial charge is 0.508 e. The van der Waals surface area contributed by atoms with Crippen LogP contribution in [-0.4, -0.2) is 19.6 Å². The van der Waals surface area contributed by atoms with Crippen LogP contribution in [0.4, 0.5) is 5.82 Å². The topological polar surface area (TPSA) is 77.0 Å². The lowest BCUT2D eigenvalue weighted by molar-refractivity contribution is 0.465. The molecule has 0 aliphatic heterocycles. The van der Waals surface area contributed by atoms with Crippen LogP contribution in [0, 0.1) is 0 Å². The van der Waals surface area contributed by atoms with Crippen molar-refractivity contribution in [3.8, 4) is 5.75 Å². The quantitative estimate of drug-likeness (QED) is 0.566. The summed E-state index contributed by atoms with van der Waals surface area (Å²) in [6, 6.07) is 15.4. The zero-order valence-electron chi connectivity index (χ0n) is 14.8. The summed E-state index contributed by atoms with van der Waals surface area (Å²) in [6.07, 6.45) is 3.01. The lowest BCUT2D eigenvalue weighted by atomic mass is 10.1. The van der Waals surface area contributed by atoms with Crippen molar-refractivity contribution in [1.82, 2.24) is 14.5 Å². The monoisotopic (exact) mass is 346 g/mol. The number of nitrogen functional groups attached to an aromatic ring is 1. The molecular weight excluding hydrogens is 324 g/mol. The Hall–Kier alpha value is -3.08. The molecule has 5 nitrogen and oxygen atoms in total. The Morgan fingerprint density at radius 2 is 1.81 bits per heavy atom. The standard InChI is InChI=1S/C21H22N4O/c1-2-3-12-18-24-19-20(15-9-5-6-10-16(15)23-21(19)22)25(18)13-14-8-4-7-11-17(14)26/h4-11,26H,2-3,12-13H2,1H3,(H2,22,23). The van der Waals surface area contributed by atoms with E-state index < -0.39 is 0 Å². The molecule has 0 radical (unpaired) electrons. The number of hydrogen-bond acceptors (Lipinski definition) is 4. The van der Waals surface area contributed by atoms with Gasteiger partial charge in [-0.05, 0) is 18.6 Å². The highest BCUT2D eigenvalue weighted by atomic mass is 16.3. The van der Waals surface area contributed by atoms with Gasteiger partial charge in [-0.15, -0.1) is 0 Å². The van der Waals surface area contributed by atoms with Crippen LogP contribution < -0.4 is 5.73 Å². The molecule has 0 bridgehead atoms. The minimum atomic E-state index is 0.294. The molecule has 2 aromatic heterocycles. The van der Waals surface area contributed by atoms with Crippen molar-refractivity contribution in [1.29, 1.82) is 0 Å². The minimum Gasteiger partial charge on any atom is -0.508 e. The van der Waals surface area contributed by atoms with Crippen LogP contribution in [0.2, 0.25) is 0 Å². The highest BCUT2D eigenvalue weighted by molar-refractivity contribution is 6.06. The molecule has 0 unspecified atom stereocenters. The fourth-order valence-corrected chi connectivity index (χ4v) is 3.42. The number of phenols is 1. The van der Waals surface area contributed by atoms with E-state index in [1.807, 2.05) is 36.4 Å². The lowest BCUT2D eigenvalue weighted by Crippen LogP contribution is -2.06. The number of unbranched alkanes of at least 4 members (excludes halogenated alkanes) is 1. The molecule has 0 atom stereocenters. The number of pyridine rings is 1. The number of fused-ring (bicyclic) bond motifs is 3. The summed E-state index contributed by atoms with van der Waals surface area (Å²) in [4.78, 5) is 9.34. The Balaban J connectivity index is 1.99. The lowest BCUT2D eigenvalue weighted by Gasteiger charge is -2.12. The number of aromatic nitrogens is 3. The van der Waals surface area contributed by atoms with E-state index in [-0.39, 0.29) is 0 Å². The third kappa shape index (κ3) is 2.75. The fraction of sp³-hybridized carbons (Fsp3) is 0.238. The Morgan fingerprint density at radius 1 is 1.04 bits per heavy atom. The second-order valence-electron chi connectivity index (χ2n) is 6.56.